The van der Waals surface area contributed by atoms with E-state index in [0.717, 1.165) is 59.7 Å². The fraction of sp³-hybridized carbons (Fsp3) is 0.459. The molecule has 13 unspecified atom stereocenters. The van der Waals surface area contributed by atoms with Crippen LogP contribution in [0.4, 0.5) is 40.1 Å². The number of nitrogens with two attached hydrogens (primary N) is 6. The van der Waals surface area contributed by atoms with E-state index in [1.54, 1.807) is 72.8 Å². The molecule has 0 radical (unpaired) electrons. The van der Waals surface area contributed by atoms with Gasteiger partial charge in [-0.3, -0.25) is 34.1 Å². The number of esters is 7. The summed E-state index contributed by atoms with van der Waals surface area (Å²) in [6.07, 6.45) is 17.4. The Morgan fingerprint density at radius 2 is 1.31 bits per heavy atom. The second-order valence-electron chi connectivity index (χ2n) is 28.2. The molecule has 14 N–H and O–H groups in total. The lowest BCUT2D eigenvalue weighted by Gasteiger charge is -2.61. The van der Waals surface area contributed by atoms with Crippen molar-refractivity contribution in [2.24, 2.45) is 75.9 Å². The number of hydrogen-bond donors (Lipinski definition) is 8. The summed E-state index contributed by atoms with van der Waals surface area (Å²) in [4.78, 5) is 99.6. The van der Waals surface area contributed by atoms with Crippen LogP contribution in [0.5, 0.6) is 11.5 Å². The number of carbonyl (C=O) groups is 8. The van der Waals surface area contributed by atoms with Crippen molar-refractivity contribution in [1.29, 1.82) is 0 Å². The van der Waals surface area contributed by atoms with Crippen LogP contribution in [0.2, 0.25) is 0 Å². The molecule has 23 heteroatoms. The Morgan fingerprint density at radius 1 is 0.639 bits per heavy atom. The molecular weight excluding hydrogens is 1240 g/mol. The highest BCUT2D eigenvalue weighted by Crippen LogP contribution is 2.68. The van der Waals surface area contributed by atoms with Crippen molar-refractivity contribution in [1.82, 2.24) is 15.2 Å². The van der Waals surface area contributed by atoms with Crippen LogP contribution >= 0.6 is 0 Å². The number of para-hydroxylation sites is 1. The summed E-state index contributed by atoms with van der Waals surface area (Å²) in [7, 11) is 0. The Morgan fingerprint density at radius 3 is 1.99 bits per heavy atom. The van der Waals surface area contributed by atoms with Crippen molar-refractivity contribution in [3.63, 3.8) is 0 Å². The summed E-state index contributed by atoms with van der Waals surface area (Å²) in [5.41, 5.74) is 39.8. The maximum Gasteiger partial charge on any atom is 0.343 e. The standard InChI is InChI=1S/C34H54N2O2.C24H20N6O5.C10H8O6.C6H8N2/c1-21(2)7-6-8-22(3)29-11-12-30-28-10-9-24-19-27(38-32(37)23-17-25(35)20-26(36)18-23)13-15-33(24,4)31(28)14-16-34(29,30)5;25-16-8-5-15(19(26)12-16)11-21(31)34-17-9-6-14(7-10-17)23(33)35-20-4-2-1-3-18(20)22(32)29-24-27-13-28-30-24;11-6-2-3-4-1-5(7(3)10(14)15-6)9(13)16-8(4)12;7-5-1-2-6(8)4-3-5/h17-18,20-22,24,27-31H,6-16,19,35-36H2,1-5H3;1-10,12-13H,11,25-26H2,(H2,27,28,29,30,32);3-5,7H,1-2H2;1-4H,7-8H2. The number of nitrogens with one attached hydrogen (secondary N) is 2. The summed E-state index contributed by atoms with van der Waals surface area (Å²) in [5.74, 6) is -0.457. The Balaban J connectivity index is 0.000000158. The molecule has 6 aromatic rings. The molecule has 5 saturated carbocycles. The topological polar surface area (TPSA) is 392 Å². The number of hydrogen-bond acceptors (Lipinski definition) is 21. The van der Waals surface area contributed by atoms with Gasteiger partial charge in [0.05, 0.1) is 47.3 Å². The minimum absolute atomic E-state index is 0.0104. The summed E-state index contributed by atoms with van der Waals surface area (Å²) >= 11 is 0. The monoisotopic (exact) mass is 1330 g/mol. The molecule has 5 aromatic carbocycles. The van der Waals surface area contributed by atoms with E-state index in [2.05, 4.69) is 64.6 Å². The molecule has 2 aliphatic heterocycles. The first-order chi connectivity index (χ1) is 46.3. The second kappa shape index (κ2) is 30.1. The first-order valence-electron chi connectivity index (χ1n) is 33.7. The minimum atomic E-state index is -0.697. The average Bonchev–Trinajstić information content (AvgIpc) is 1.71. The zero-order valence-electron chi connectivity index (χ0n) is 55.7. The maximum absolute atomic E-state index is 12.9. The first-order valence-corrected chi connectivity index (χ1v) is 33.7. The molecule has 7 fully saturated rings. The van der Waals surface area contributed by atoms with Crippen molar-refractivity contribution in [3.8, 4) is 11.5 Å². The van der Waals surface area contributed by atoms with Crippen LogP contribution in [0.15, 0.2) is 116 Å². The largest absolute Gasteiger partial charge is 0.459 e. The number of carbonyl (C=O) groups excluding carboxylic acids is 8. The van der Waals surface area contributed by atoms with Crippen LogP contribution in [0.1, 0.15) is 161 Å². The molecule has 2 saturated heterocycles. The fourth-order valence-electron chi connectivity index (χ4n) is 16.9. The number of aromatic amines is 1. The molecule has 1 amide bonds. The number of cyclic esters (lactones) is 4. The highest BCUT2D eigenvalue weighted by molar-refractivity contribution is 6.06. The van der Waals surface area contributed by atoms with Gasteiger partial charge in [-0.2, -0.15) is 10.1 Å². The molecule has 5 aliphatic carbocycles. The number of aromatic nitrogens is 3. The molecule has 0 spiro atoms. The third-order valence-electron chi connectivity index (χ3n) is 21.7. The van der Waals surface area contributed by atoms with Gasteiger partial charge in [0, 0.05) is 34.1 Å². The molecule has 1 aromatic heterocycles. The number of fused-ring (bicyclic) bond motifs is 10. The third kappa shape index (κ3) is 16.4. The Kier molecular flexibility index (Phi) is 21.7. The molecule has 13 rings (SSSR count). The first kappa shape index (κ1) is 70.0. The van der Waals surface area contributed by atoms with Crippen LogP contribution in [0.25, 0.3) is 0 Å². The highest BCUT2D eigenvalue weighted by atomic mass is 16.6. The van der Waals surface area contributed by atoms with Crippen molar-refractivity contribution in [2.75, 3.05) is 39.7 Å². The number of rotatable bonds is 14. The predicted octanol–water partition coefficient (Wildman–Crippen LogP) is 11.3. The third-order valence-corrected chi connectivity index (χ3v) is 21.7. The molecule has 97 heavy (non-hydrogen) atoms. The smallest absolute Gasteiger partial charge is 0.343 e. The zero-order chi connectivity index (χ0) is 69.5. The molecule has 2 bridgehead atoms. The summed E-state index contributed by atoms with van der Waals surface area (Å²) < 4.78 is 25.8. The van der Waals surface area contributed by atoms with Gasteiger partial charge in [0.25, 0.3) is 5.91 Å². The lowest BCUT2D eigenvalue weighted by molar-refractivity contribution is -0.174. The van der Waals surface area contributed by atoms with Gasteiger partial charge < -0.3 is 58.1 Å². The van der Waals surface area contributed by atoms with E-state index in [1.165, 1.54) is 107 Å². The van der Waals surface area contributed by atoms with Gasteiger partial charge in [-0.1, -0.05) is 72.1 Å². The van der Waals surface area contributed by atoms with Gasteiger partial charge in [-0.25, -0.2) is 14.7 Å². The molecule has 13 atom stereocenters. The zero-order valence-corrected chi connectivity index (χ0v) is 55.7. The van der Waals surface area contributed by atoms with E-state index in [-0.39, 0.29) is 53.5 Å². The number of ether oxygens (including phenoxy) is 5. The summed E-state index contributed by atoms with van der Waals surface area (Å²) in [5, 5.41) is 8.69. The van der Waals surface area contributed by atoms with Crippen LogP contribution in [0, 0.1) is 75.9 Å². The van der Waals surface area contributed by atoms with Crippen LogP contribution in [-0.2, 0) is 44.6 Å². The van der Waals surface area contributed by atoms with Crippen LogP contribution in [-0.4, -0.2) is 69.0 Å². The molecular formula is C74H90N10O13. The number of H-pyrrole nitrogens is 1. The molecule has 3 heterocycles. The lowest BCUT2D eigenvalue weighted by atomic mass is 9.44. The summed E-state index contributed by atoms with van der Waals surface area (Å²) in [6, 6.07) is 29.1. The van der Waals surface area contributed by atoms with Crippen molar-refractivity contribution in [3.05, 3.63) is 138 Å². The molecule has 7 aliphatic rings. The van der Waals surface area contributed by atoms with Gasteiger partial charge >= 0.3 is 41.8 Å². The van der Waals surface area contributed by atoms with E-state index >= 15 is 0 Å². The van der Waals surface area contributed by atoms with E-state index in [9.17, 15) is 38.4 Å². The normalized spacial score (nSPS) is 26.7. The Labute approximate surface area is 564 Å². The average molecular weight is 1330 g/mol. The van der Waals surface area contributed by atoms with Gasteiger partial charge in [0.15, 0.2) is 0 Å². The predicted molar refractivity (Wildman–Crippen MR) is 365 cm³/mol. The SMILES string of the molecule is CC(C)CCCC(C)C1CCC2C3CCC4CC(OC(=O)c5cc(N)cc(N)c5)CCC4(C)C3CCC12C.Nc1ccc(CC(=O)Oc2ccc(C(=O)Oc3ccccc3C(=O)Nc3ncn[nH]3)cc2)c(N)c1.Nc1ccc(N)cc1.O=C1CC2C3CC(C(=O)OC3=O)C2C(=O)O1. The van der Waals surface area contributed by atoms with Crippen molar-refractivity contribution < 1.29 is 62.0 Å². The summed E-state index contributed by atoms with van der Waals surface area (Å²) in [6.45, 7) is 12.6. The maximum atomic E-state index is 12.9. The number of amides is 1. The molecule has 23 nitrogen and oxygen atoms in total. The Bertz CT molecular complexity index is 3820. The number of benzene rings is 5. The van der Waals surface area contributed by atoms with Gasteiger partial charge in [-0.15, -0.1) is 0 Å². The lowest BCUT2D eigenvalue weighted by Crippen LogP contribution is -2.54. The Hall–Kier alpha value is -9.80. The van der Waals surface area contributed by atoms with E-state index in [1.807, 2.05) is 0 Å². The minimum Gasteiger partial charge on any atom is -0.459 e. The second-order valence-corrected chi connectivity index (χ2v) is 28.2. The van der Waals surface area contributed by atoms with Gasteiger partial charge in [0.1, 0.15) is 23.9 Å². The quantitative estimate of drug-likeness (QED) is 0.0165. The van der Waals surface area contributed by atoms with Crippen LogP contribution in [0.3, 0.4) is 0 Å². The van der Waals surface area contributed by atoms with Crippen LogP contribution < -0.4 is 49.2 Å². The van der Waals surface area contributed by atoms with Crippen molar-refractivity contribution in [2.45, 2.75) is 137 Å². The fourth-order valence-corrected chi connectivity index (χ4v) is 16.9. The number of nitrogen functional groups attached to an aromatic ring is 6. The molecule has 514 valence electrons. The number of anilines is 7. The van der Waals surface area contributed by atoms with Gasteiger partial charge in [0.2, 0.25) is 5.95 Å². The van der Waals surface area contributed by atoms with Gasteiger partial charge in [-0.05, 0) is 219 Å². The highest BCUT2D eigenvalue weighted by Gasteiger charge is 2.62. The van der Waals surface area contributed by atoms with E-state index in [0.29, 0.717) is 57.0 Å². The van der Waals surface area contributed by atoms with E-state index < -0.39 is 65.4 Å². The van der Waals surface area contributed by atoms with E-state index in [4.69, 9.17) is 48.6 Å². The number of nitrogens with zero attached hydrogens (tertiary/aromatic N) is 2. The van der Waals surface area contributed by atoms with Crippen molar-refractivity contribution >= 4 is 87.8 Å².